The Morgan fingerprint density at radius 2 is 2.07 bits per heavy atom. The second kappa shape index (κ2) is 4.15. The molecule has 1 heterocycles. The Balaban J connectivity index is 2.41. The SMILES string of the molecule is OCCCc1[nH]c2ccccc2c1Br. The molecule has 0 saturated carbocycles. The standard InChI is InChI=1S/C11H12BrNO/c12-11-8-4-1-2-5-9(8)13-10(11)6-3-7-14/h1-2,4-5,13-14H,3,6-7H2. The van der Waals surface area contributed by atoms with Crippen LogP contribution in [0, 0.1) is 0 Å². The van der Waals surface area contributed by atoms with Crippen LogP contribution in [0.4, 0.5) is 0 Å². The molecule has 2 N–H and O–H groups in total. The summed E-state index contributed by atoms with van der Waals surface area (Å²) in [7, 11) is 0. The molecule has 0 amide bonds. The van der Waals surface area contributed by atoms with Crippen molar-refractivity contribution in [3.63, 3.8) is 0 Å². The van der Waals surface area contributed by atoms with Crippen molar-refractivity contribution in [3.05, 3.63) is 34.4 Å². The third kappa shape index (κ3) is 1.70. The lowest BCUT2D eigenvalue weighted by Gasteiger charge is -1.95. The summed E-state index contributed by atoms with van der Waals surface area (Å²) < 4.78 is 1.13. The number of aromatic nitrogens is 1. The van der Waals surface area contributed by atoms with Gasteiger partial charge in [0.1, 0.15) is 0 Å². The molecule has 14 heavy (non-hydrogen) atoms. The molecule has 3 heteroatoms. The van der Waals surface area contributed by atoms with Gasteiger partial charge < -0.3 is 10.1 Å². The Bertz CT molecular complexity index is 436. The van der Waals surface area contributed by atoms with Gasteiger partial charge in [0.15, 0.2) is 0 Å². The van der Waals surface area contributed by atoms with Crippen LogP contribution >= 0.6 is 15.9 Å². The molecule has 2 nitrogen and oxygen atoms in total. The molecule has 0 aliphatic rings. The van der Waals surface area contributed by atoms with E-state index in [0.717, 1.165) is 22.8 Å². The van der Waals surface area contributed by atoms with Gasteiger partial charge in [0.2, 0.25) is 0 Å². The Morgan fingerprint density at radius 3 is 2.79 bits per heavy atom. The van der Waals surface area contributed by atoms with Crippen molar-refractivity contribution in [2.24, 2.45) is 0 Å². The highest BCUT2D eigenvalue weighted by Crippen LogP contribution is 2.28. The van der Waals surface area contributed by atoms with Crippen LogP contribution in [0.5, 0.6) is 0 Å². The van der Waals surface area contributed by atoms with Crippen LogP contribution in [0.25, 0.3) is 10.9 Å². The lowest BCUT2D eigenvalue weighted by atomic mass is 10.2. The van der Waals surface area contributed by atoms with Gasteiger partial charge in [-0.1, -0.05) is 18.2 Å². The normalized spacial score (nSPS) is 11.0. The zero-order valence-corrected chi connectivity index (χ0v) is 9.34. The van der Waals surface area contributed by atoms with Crippen molar-refractivity contribution in [3.8, 4) is 0 Å². The molecule has 2 rings (SSSR count). The molecular weight excluding hydrogens is 242 g/mol. The average molecular weight is 254 g/mol. The van der Waals surface area contributed by atoms with Crippen molar-refractivity contribution in [1.29, 1.82) is 0 Å². The second-order valence-electron chi connectivity index (χ2n) is 3.29. The number of aliphatic hydroxyl groups excluding tert-OH is 1. The molecule has 0 aliphatic carbocycles. The van der Waals surface area contributed by atoms with Crippen LogP contribution in [-0.4, -0.2) is 16.7 Å². The topological polar surface area (TPSA) is 36.0 Å². The predicted molar refractivity (Wildman–Crippen MR) is 61.4 cm³/mol. The van der Waals surface area contributed by atoms with Gasteiger partial charge in [-0.2, -0.15) is 0 Å². The van der Waals surface area contributed by atoms with Crippen LogP contribution in [0.3, 0.4) is 0 Å². The summed E-state index contributed by atoms with van der Waals surface area (Å²) in [5.41, 5.74) is 2.31. The van der Waals surface area contributed by atoms with Crippen molar-refractivity contribution < 1.29 is 5.11 Å². The molecule has 0 aliphatic heterocycles. The van der Waals surface area contributed by atoms with Crippen molar-refractivity contribution in [2.75, 3.05) is 6.61 Å². The molecule has 0 bridgehead atoms. The number of para-hydroxylation sites is 1. The zero-order chi connectivity index (χ0) is 9.97. The van der Waals surface area contributed by atoms with Gasteiger partial charge in [0.05, 0.1) is 0 Å². The fourth-order valence-corrected chi connectivity index (χ4v) is 2.23. The Kier molecular flexibility index (Phi) is 2.89. The maximum atomic E-state index is 8.76. The van der Waals surface area contributed by atoms with E-state index in [1.165, 1.54) is 11.1 Å². The zero-order valence-electron chi connectivity index (χ0n) is 7.76. The fraction of sp³-hybridized carbons (Fsp3) is 0.273. The van der Waals surface area contributed by atoms with Crippen molar-refractivity contribution in [2.45, 2.75) is 12.8 Å². The number of hydrogen-bond acceptors (Lipinski definition) is 1. The molecule has 0 unspecified atom stereocenters. The first-order valence-corrected chi connectivity index (χ1v) is 5.48. The van der Waals surface area contributed by atoms with E-state index in [9.17, 15) is 0 Å². The first-order chi connectivity index (χ1) is 6.83. The molecule has 0 fully saturated rings. The van der Waals surface area contributed by atoms with Crippen molar-refractivity contribution in [1.82, 2.24) is 4.98 Å². The summed E-state index contributed by atoms with van der Waals surface area (Å²) in [6, 6.07) is 8.18. The fourth-order valence-electron chi connectivity index (χ4n) is 1.59. The molecule has 0 spiro atoms. The molecular formula is C11H12BrNO. The van der Waals surface area contributed by atoms with Gasteiger partial charge >= 0.3 is 0 Å². The smallest absolute Gasteiger partial charge is 0.0467 e. The van der Waals surface area contributed by atoms with E-state index in [1.54, 1.807) is 0 Å². The first kappa shape index (κ1) is 9.74. The summed E-state index contributed by atoms with van der Waals surface area (Å²) in [5, 5.41) is 9.97. The molecule has 0 radical (unpaired) electrons. The summed E-state index contributed by atoms with van der Waals surface area (Å²) in [4.78, 5) is 3.34. The lowest BCUT2D eigenvalue weighted by molar-refractivity contribution is 0.288. The lowest BCUT2D eigenvalue weighted by Crippen LogP contribution is -1.89. The van der Waals surface area contributed by atoms with Crippen LogP contribution in [0.15, 0.2) is 28.7 Å². The minimum atomic E-state index is 0.238. The van der Waals surface area contributed by atoms with E-state index in [0.29, 0.717) is 0 Å². The number of hydrogen-bond donors (Lipinski definition) is 2. The Labute approximate surface area is 91.1 Å². The van der Waals surface area contributed by atoms with Gasteiger partial charge in [-0.3, -0.25) is 0 Å². The van der Waals surface area contributed by atoms with Gasteiger partial charge in [-0.25, -0.2) is 0 Å². The van der Waals surface area contributed by atoms with Gasteiger partial charge in [0.25, 0.3) is 0 Å². The average Bonchev–Trinajstić information content (AvgIpc) is 2.54. The molecule has 0 saturated heterocycles. The number of aromatic amines is 1. The van der Waals surface area contributed by atoms with Crippen LogP contribution in [-0.2, 0) is 6.42 Å². The summed E-state index contributed by atoms with van der Waals surface area (Å²) in [6.45, 7) is 0.238. The van der Waals surface area contributed by atoms with E-state index in [4.69, 9.17) is 5.11 Å². The van der Waals surface area contributed by atoms with Crippen molar-refractivity contribution >= 4 is 26.8 Å². The van der Waals surface area contributed by atoms with E-state index in [-0.39, 0.29) is 6.61 Å². The van der Waals surface area contributed by atoms with Gasteiger partial charge in [-0.05, 0) is 34.8 Å². The molecule has 1 aromatic carbocycles. The number of nitrogens with one attached hydrogen (secondary N) is 1. The number of halogens is 1. The summed E-state index contributed by atoms with van der Waals surface area (Å²) >= 11 is 3.57. The predicted octanol–water partition coefficient (Wildman–Crippen LogP) is 2.86. The number of benzene rings is 1. The van der Waals surface area contributed by atoms with Gasteiger partial charge in [-0.15, -0.1) is 0 Å². The monoisotopic (exact) mass is 253 g/mol. The van der Waals surface area contributed by atoms with Crippen LogP contribution in [0.1, 0.15) is 12.1 Å². The molecule has 74 valence electrons. The number of rotatable bonds is 3. The van der Waals surface area contributed by atoms with Crippen LogP contribution in [0.2, 0.25) is 0 Å². The van der Waals surface area contributed by atoms with E-state index < -0.39 is 0 Å². The highest BCUT2D eigenvalue weighted by atomic mass is 79.9. The number of aryl methyl sites for hydroxylation is 1. The maximum Gasteiger partial charge on any atom is 0.0467 e. The number of fused-ring (bicyclic) bond motifs is 1. The second-order valence-corrected chi connectivity index (χ2v) is 4.08. The van der Waals surface area contributed by atoms with Gasteiger partial charge in [0, 0.05) is 27.7 Å². The molecule has 2 aromatic rings. The maximum absolute atomic E-state index is 8.76. The summed E-state index contributed by atoms with van der Waals surface area (Å²) in [5.74, 6) is 0. The van der Waals surface area contributed by atoms with E-state index >= 15 is 0 Å². The minimum Gasteiger partial charge on any atom is -0.396 e. The molecule has 1 aromatic heterocycles. The third-order valence-corrected chi connectivity index (χ3v) is 3.20. The molecule has 0 atom stereocenters. The third-order valence-electron chi connectivity index (χ3n) is 2.30. The Hall–Kier alpha value is -0.800. The number of H-pyrrole nitrogens is 1. The van der Waals surface area contributed by atoms with Crippen LogP contribution < -0.4 is 0 Å². The van der Waals surface area contributed by atoms with E-state index in [2.05, 4.69) is 33.0 Å². The first-order valence-electron chi connectivity index (χ1n) is 4.69. The minimum absolute atomic E-state index is 0.238. The summed E-state index contributed by atoms with van der Waals surface area (Å²) in [6.07, 6.45) is 1.68. The largest absolute Gasteiger partial charge is 0.396 e. The number of aliphatic hydroxyl groups is 1. The van der Waals surface area contributed by atoms with E-state index in [1.807, 2.05) is 12.1 Å². The highest BCUT2D eigenvalue weighted by molar-refractivity contribution is 9.10. The quantitative estimate of drug-likeness (QED) is 0.868. The highest BCUT2D eigenvalue weighted by Gasteiger charge is 2.07. The Morgan fingerprint density at radius 1 is 1.29 bits per heavy atom.